The molecular weight excluding hydrogens is 244 g/mol. The molecule has 0 unspecified atom stereocenters. The number of hydrogen-bond donors (Lipinski definition) is 1. The second kappa shape index (κ2) is 4.72. The third kappa shape index (κ3) is 2.47. The van der Waals surface area contributed by atoms with Crippen molar-refractivity contribution in [2.45, 2.75) is 18.9 Å². The first-order chi connectivity index (χ1) is 8.50. The largest absolute Gasteiger partial charge is 0.480 e. The van der Waals surface area contributed by atoms with Gasteiger partial charge in [-0.25, -0.2) is 8.78 Å². The summed E-state index contributed by atoms with van der Waals surface area (Å²) >= 11 is 0. The second-order valence-electron chi connectivity index (χ2n) is 4.16. The Morgan fingerprint density at radius 2 is 2.00 bits per heavy atom. The van der Waals surface area contributed by atoms with Crippen molar-refractivity contribution in [2.24, 2.45) is 0 Å². The molecule has 1 aliphatic rings. The summed E-state index contributed by atoms with van der Waals surface area (Å²) in [6, 6.07) is 3.09. The molecule has 0 bridgehead atoms. The summed E-state index contributed by atoms with van der Waals surface area (Å²) < 4.78 is 26.5. The molecule has 1 N–H and O–H groups in total. The van der Waals surface area contributed by atoms with Gasteiger partial charge in [-0.05, 0) is 25.0 Å². The molecule has 1 aromatic rings. The first kappa shape index (κ1) is 12.5. The highest BCUT2D eigenvalue weighted by Crippen LogP contribution is 2.28. The minimum atomic E-state index is -1.24. The van der Waals surface area contributed by atoms with E-state index in [-0.39, 0.29) is 6.04 Å². The van der Waals surface area contributed by atoms with Crippen LogP contribution in [0, 0.1) is 11.6 Å². The van der Waals surface area contributed by atoms with Crippen LogP contribution in [0.25, 0.3) is 0 Å². The number of benzene rings is 1. The van der Waals surface area contributed by atoms with E-state index in [0.29, 0.717) is 12.8 Å². The summed E-state index contributed by atoms with van der Waals surface area (Å²) in [5.74, 6) is -4.31. The minimum Gasteiger partial charge on any atom is -0.480 e. The molecule has 0 radical (unpaired) electrons. The average molecular weight is 255 g/mol. The number of carboxylic acid groups (broad SMARTS) is 1. The summed E-state index contributed by atoms with van der Waals surface area (Å²) in [6.45, 7) is -0.501. The lowest BCUT2D eigenvalue weighted by molar-refractivity contribution is -0.137. The van der Waals surface area contributed by atoms with Crippen LogP contribution in [0.3, 0.4) is 0 Å². The van der Waals surface area contributed by atoms with E-state index in [1.54, 1.807) is 0 Å². The Labute approximate surface area is 102 Å². The van der Waals surface area contributed by atoms with Crippen LogP contribution in [-0.2, 0) is 4.79 Å². The first-order valence-corrected chi connectivity index (χ1v) is 5.47. The van der Waals surface area contributed by atoms with Crippen molar-refractivity contribution in [2.75, 3.05) is 6.54 Å². The van der Waals surface area contributed by atoms with Crippen LogP contribution in [0.4, 0.5) is 8.78 Å². The van der Waals surface area contributed by atoms with Crippen molar-refractivity contribution in [3.8, 4) is 0 Å². The third-order valence-corrected chi connectivity index (χ3v) is 2.74. The minimum absolute atomic E-state index is 0.184. The maximum atomic E-state index is 13.5. The molecule has 0 saturated heterocycles. The van der Waals surface area contributed by atoms with Crippen LogP contribution < -0.4 is 0 Å². The molecule has 96 valence electrons. The van der Waals surface area contributed by atoms with Gasteiger partial charge >= 0.3 is 5.97 Å². The fraction of sp³-hybridized carbons (Fsp3) is 0.333. The van der Waals surface area contributed by atoms with E-state index in [2.05, 4.69) is 0 Å². The van der Waals surface area contributed by atoms with Crippen molar-refractivity contribution < 1.29 is 23.5 Å². The van der Waals surface area contributed by atoms with Gasteiger partial charge in [-0.2, -0.15) is 0 Å². The van der Waals surface area contributed by atoms with Gasteiger partial charge in [0, 0.05) is 6.04 Å². The van der Waals surface area contributed by atoms with Crippen molar-refractivity contribution >= 4 is 11.9 Å². The van der Waals surface area contributed by atoms with Crippen LogP contribution >= 0.6 is 0 Å². The van der Waals surface area contributed by atoms with E-state index in [9.17, 15) is 18.4 Å². The zero-order valence-corrected chi connectivity index (χ0v) is 9.40. The van der Waals surface area contributed by atoms with Crippen LogP contribution in [-0.4, -0.2) is 34.5 Å². The number of halogens is 2. The Morgan fingerprint density at radius 1 is 1.33 bits per heavy atom. The number of nitrogens with zero attached hydrogens (tertiary/aromatic N) is 1. The number of aliphatic carboxylic acids is 1. The molecule has 0 atom stereocenters. The Morgan fingerprint density at radius 3 is 2.56 bits per heavy atom. The Bertz CT molecular complexity index is 500. The monoisotopic (exact) mass is 255 g/mol. The van der Waals surface area contributed by atoms with Gasteiger partial charge in [-0.3, -0.25) is 9.59 Å². The van der Waals surface area contributed by atoms with Crippen molar-refractivity contribution in [1.29, 1.82) is 0 Å². The lowest BCUT2D eigenvalue weighted by Crippen LogP contribution is -2.38. The van der Waals surface area contributed by atoms with Gasteiger partial charge in [-0.1, -0.05) is 6.07 Å². The summed E-state index contributed by atoms with van der Waals surface area (Å²) in [7, 11) is 0. The molecule has 1 aromatic carbocycles. The quantitative estimate of drug-likeness (QED) is 0.890. The highest BCUT2D eigenvalue weighted by atomic mass is 19.2. The molecule has 1 amide bonds. The smallest absolute Gasteiger partial charge is 0.323 e. The zero-order chi connectivity index (χ0) is 13.3. The van der Waals surface area contributed by atoms with Crippen LogP contribution in [0.15, 0.2) is 18.2 Å². The second-order valence-corrected chi connectivity index (χ2v) is 4.16. The van der Waals surface area contributed by atoms with E-state index < -0.39 is 35.6 Å². The lowest BCUT2D eigenvalue weighted by Gasteiger charge is -2.20. The van der Waals surface area contributed by atoms with Crippen LogP contribution in [0.1, 0.15) is 23.2 Å². The molecular formula is C12H11F2NO3. The van der Waals surface area contributed by atoms with E-state index in [1.165, 1.54) is 6.07 Å². The van der Waals surface area contributed by atoms with Gasteiger partial charge in [0.05, 0.1) is 5.56 Å². The summed E-state index contributed by atoms with van der Waals surface area (Å²) in [5.41, 5.74) is -0.428. The maximum absolute atomic E-state index is 13.5. The number of carboxylic acids is 1. The van der Waals surface area contributed by atoms with Gasteiger partial charge in [0.25, 0.3) is 5.91 Å². The molecule has 0 aromatic heterocycles. The molecule has 2 rings (SSSR count). The Hall–Kier alpha value is -1.98. The molecule has 1 saturated carbocycles. The molecule has 0 aliphatic heterocycles. The predicted molar refractivity (Wildman–Crippen MR) is 58.1 cm³/mol. The van der Waals surface area contributed by atoms with Crippen LogP contribution in [0.5, 0.6) is 0 Å². The number of rotatable bonds is 4. The fourth-order valence-electron chi connectivity index (χ4n) is 1.72. The number of carbonyl (C=O) groups is 2. The highest BCUT2D eigenvalue weighted by molar-refractivity contribution is 5.96. The van der Waals surface area contributed by atoms with Crippen molar-refractivity contribution in [1.82, 2.24) is 4.90 Å². The molecule has 0 heterocycles. The summed E-state index contributed by atoms with van der Waals surface area (Å²) in [5, 5.41) is 8.72. The number of hydrogen-bond acceptors (Lipinski definition) is 2. The van der Waals surface area contributed by atoms with Gasteiger partial charge in [-0.15, -0.1) is 0 Å². The van der Waals surface area contributed by atoms with E-state index >= 15 is 0 Å². The number of amides is 1. The van der Waals surface area contributed by atoms with Gasteiger partial charge in [0.2, 0.25) is 0 Å². The zero-order valence-electron chi connectivity index (χ0n) is 9.40. The molecule has 18 heavy (non-hydrogen) atoms. The van der Waals surface area contributed by atoms with Gasteiger partial charge < -0.3 is 10.0 Å². The predicted octanol–water partition coefficient (Wildman–Crippen LogP) is 1.65. The molecule has 1 aliphatic carbocycles. The third-order valence-electron chi connectivity index (χ3n) is 2.74. The summed E-state index contributed by atoms with van der Waals surface area (Å²) in [4.78, 5) is 23.7. The van der Waals surface area contributed by atoms with E-state index in [4.69, 9.17) is 5.11 Å². The Balaban J connectivity index is 2.27. The standard InChI is InChI=1S/C12H11F2NO3/c13-9-3-1-2-8(11(9)14)12(18)15(6-10(16)17)7-4-5-7/h1-3,7H,4-6H2,(H,16,17). The van der Waals surface area contributed by atoms with E-state index in [1.807, 2.05) is 0 Å². The lowest BCUT2D eigenvalue weighted by atomic mass is 10.1. The first-order valence-electron chi connectivity index (χ1n) is 5.47. The van der Waals surface area contributed by atoms with Crippen molar-refractivity contribution in [3.63, 3.8) is 0 Å². The maximum Gasteiger partial charge on any atom is 0.323 e. The average Bonchev–Trinajstić information content (AvgIpc) is 3.12. The molecule has 1 fully saturated rings. The summed E-state index contributed by atoms with van der Waals surface area (Å²) in [6.07, 6.45) is 1.38. The highest BCUT2D eigenvalue weighted by Gasteiger charge is 2.35. The molecule has 4 nitrogen and oxygen atoms in total. The van der Waals surface area contributed by atoms with Crippen LogP contribution in [0.2, 0.25) is 0 Å². The normalized spacial score (nSPS) is 14.3. The van der Waals surface area contributed by atoms with Gasteiger partial charge in [0.1, 0.15) is 6.54 Å². The number of carbonyl (C=O) groups excluding carboxylic acids is 1. The van der Waals surface area contributed by atoms with Crippen molar-refractivity contribution in [3.05, 3.63) is 35.4 Å². The Kier molecular flexibility index (Phi) is 3.27. The molecule has 0 spiro atoms. The fourth-order valence-corrected chi connectivity index (χ4v) is 1.72. The topological polar surface area (TPSA) is 57.6 Å². The SMILES string of the molecule is O=C(O)CN(C(=O)c1cccc(F)c1F)C1CC1. The van der Waals surface area contributed by atoms with Gasteiger partial charge in [0.15, 0.2) is 11.6 Å². The van der Waals surface area contributed by atoms with E-state index in [0.717, 1.165) is 17.0 Å². The molecule has 6 heteroatoms.